The molecule has 14 rings (SSSR count). The number of carbonyl (C=O) groups excluding carboxylic acids is 4. The van der Waals surface area contributed by atoms with Gasteiger partial charge < -0.3 is 62.6 Å². The Labute approximate surface area is 745 Å². The first-order chi connectivity index (χ1) is 61.0. The van der Waals surface area contributed by atoms with Gasteiger partial charge in [0.15, 0.2) is 102 Å². The molecule has 0 radical (unpaired) electrons. The topological polar surface area (TPSA) is 587 Å². The Bertz CT molecular complexity index is 5660. The lowest BCUT2D eigenvalue weighted by Gasteiger charge is -2.24. The lowest BCUT2D eigenvalue weighted by atomic mass is 10.1. The molecule has 0 spiro atoms. The van der Waals surface area contributed by atoms with Crippen LogP contribution in [0.25, 0.3) is 44.7 Å². The fourth-order valence-corrected chi connectivity index (χ4v) is 16.0. The van der Waals surface area contributed by atoms with Crippen LogP contribution in [0.4, 0.5) is 32.3 Å². The van der Waals surface area contributed by atoms with Gasteiger partial charge in [0.2, 0.25) is 23.7 Å². The number of aliphatic hydroxyl groups excluding tert-OH is 1. The highest BCUT2D eigenvalue weighted by atomic mass is 31.2. The Hall–Kier alpha value is -10.6. The lowest BCUT2D eigenvalue weighted by molar-refractivity contribution is -0.119. The highest BCUT2D eigenvalue weighted by Crippen LogP contribution is 2.49. The van der Waals surface area contributed by atoms with Crippen molar-refractivity contribution in [3.05, 3.63) is 130 Å². The Kier molecular flexibility index (Phi) is 38.3. The van der Waals surface area contributed by atoms with Crippen LogP contribution < -0.4 is 37.7 Å². The zero-order valence-corrected chi connectivity index (χ0v) is 73.7. The highest BCUT2D eigenvalue weighted by Gasteiger charge is 2.54. The van der Waals surface area contributed by atoms with E-state index in [0.717, 1.165) is 28.2 Å². The molecule has 45 nitrogen and oxygen atoms in total. The number of nitrogens with one attached hydrogen (secondary N) is 7. The summed E-state index contributed by atoms with van der Waals surface area (Å²) in [5, 5.41) is 40.8. The number of aromatic amines is 2. The maximum atomic E-state index is 16.1. The number of imidazole rings is 4. The second-order valence-electron chi connectivity index (χ2n) is 29.7. The molecule has 18 atom stereocenters. The highest BCUT2D eigenvalue weighted by molar-refractivity contribution is 7.41. The summed E-state index contributed by atoms with van der Waals surface area (Å²) in [4.78, 5) is 140. The first-order valence-electron chi connectivity index (χ1n) is 40.1. The number of halogens is 2. The third-order valence-electron chi connectivity index (χ3n) is 19.3. The molecule has 129 heavy (non-hydrogen) atoms. The van der Waals surface area contributed by atoms with Gasteiger partial charge in [-0.3, -0.25) is 67.6 Å². The van der Waals surface area contributed by atoms with Gasteiger partial charge in [0.1, 0.15) is 37.3 Å². The number of carbonyl (C=O) groups is 4. The van der Waals surface area contributed by atoms with Gasteiger partial charge in [-0.15, -0.1) is 18.8 Å². The number of nitriles is 2. The van der Waals surface area contributed by atoms with Gasteiger partial charge in [-0.1, -0.05) is 120 Å². The third-order valence-corrected chi connectivity index (χ3v) is 22.1. The maximum Gasteiger partial charge on any atom is 0.695 e. The average molecular weight is 1880 g/mol. The Balaban J connectivity index is 0.000000278. The molecule has 0 bridgehead atoms. The van der Waals surface area contributed by atoms with E-state index in [0.29, 0.717) is 77.2 Å². The van der Waals surface area contributed by atoms with E-state index in [1.54, 1.807) is 93.2 Å². The lowest BCUT2D eigenvalue weighted by Crippen LogP contribution is -2.31. The van der Waals surface area contributed by atoms with Crippen LogP contribution in [0.3, 0.4) is 0 Å². The number of rotatable bonds is 34. The van der Waals surface area contributed by atoms with Crippen LogP contribution in [0.15, 0.2) is 108 Å². The zero-order chi connectivity index (χ0) is 91.3. The van der Waals surface area contributed by atoms with Crippen molar-refractivity contribution in [2.45, 2.75) is 221 Å². The molecule has 4 fully saturated rings. The second kappa shape index (κ2) is 48.4. The van der Waals surface area contributed by atoms with Gasteiger partial charge in [0.05, 0.1) is 101 Å². The van der Waals surface area contributed by atoms with Gasteiger partial charge in [-0.25, -0.2) is 48.7 Å². The van der Waals surface area contributed by atoms with Crippen molar-refractivity contribution in [1.29, 1.82) is 10.5 Å². The summed E-state index contributed by atoms with van der Waals surface area (Å²) in [7, 11) is -8.94. The maximum absolute atomic E-state index is 16.1. The van der Waals surface area contributed by atoms with E-state index in [1.807, 2.05) is 36.6 Å². The number of hydrogen-bond donors (Lipinski definition) is 10. The second-order valence-corrected chi connectivity index (χ2v) is 33.0. The predicted molar refractivity (Wildman–Crippen MR) is 469 cm³/mol. The summed E-state index contributed by atoms with van der Waals surface area (Å²) in [6.07, 6.45) is -4.53. The minimum Gasteiger partial charge on any atom is -0.394 e. The molecule has 12 heterocycles. The van der Waals surface area contributed by atoms with Crippen molar-refractivity contribution in [3.63, 3.8) is 0 Å². The Morgan fingerprint density at radius 3 is 1.43 bits per heavy atom. The molecular weight excluding hydrogens is 1770 g/mol. The molecule has 10 aromatic rings. The Morgan fingerprint density at radius 1 is 0.581 bits per heavy atom. The van der Waals surface area contributed by atoms with Gasteiger partial charge in [0, 0.05) is 59.9 Å². The summed E-state index contributed by atoms with van der Waals surface area (Å²) >= 11 is 0. The molecule has 0 saturated carbocycles. The fourth-order valence-electron chi connectivity index (χ4n) is 13.4. The van der Waals surface area contributed by atoms with Gasteiger partial charge in [0.25, 0.3) is 22.9 Å². The normalized spacial score (nSPS) is 22.2. The van der Waals surface area contributed by atoms with Crippen molar-refractivity contribution >= 4 is 126 Å². The largest absolute Gasteiger partial charge is 0.695 e. The minimum atomic E-state index is -3.34. The first kappa shape index (κ1) is 102. The minimum absolute atomic E-state index is 0. The summed E-state index contributed by atoms with van der Waals surface area (Å²) < 4.78 is 122. The molecule has 4 amide bonds. The van der Waals surface area contributed by atoms with Crippen molar-refractivity contribution in [3.8, 4) is 12.1 Å². The van der Waals surface area contributed by atoms with Crippen LogP contribution in [0.1, 0.15) is 171 Å². The summed E-state index contributed by atoms with van der Waals surface area (Å²) in [5.74, 6) is -2.11. The molecule has 4 unspecified atom stereocenters. The number of ether oxygens (including phenoxy) is 4. The van der Waals surface area contributed by atoms with E-state index in [1.165, 1.54) is 19.0 Å². The van der Waals surface area contributed by atoms with Crippen LogP contribution in [0.5, 0.6) is 0 Å². The van der Waals surface area contributed by atoms with Gasteiger partial charge >= 0.3 is 25.1 Å². The molecule has 2 aromatic carbocycles. The van der Waals surface area contributed by atoms with Crippen LogP contribution >= 0.6 is 34.1 Å². The van der Waals surface area contributed by atoms with Crippen LogP contribution in [-0.2, 0) is 69.3 Å². The number of alkyl halides is 2. The monoisotopic (exact) mass is 1880 g/mol. The number of aromatic nitrogens is 16. The molecular formula is C78H107F2N23O22P4+2. The smallest absolute Gasteiger partial charge is 0.394 e. The predicted octanol–water partition coefficient (Wildman–Crippen LogP) is 11.1. The van der Waals surface area contributed by atoms with E-state index in [2.05, 4.69) is 114 Å². The number of hydrogen-bond acceptors (Lipinski definition) is 33. The van der Waals surface area contributed by atoms with E-state index < -0.39 is 135 Å². The summed E-state index contributed by atoms with van der Waals surface area (Å²) in [6.45, 7) is 18.2. The zero-order valence-electron chi connectivity index (χ0n) is 70.1. The van der Waals surface area contributed by atoms with Gasteiger partial charge in [-0.05, 0) is 37.1 Å². The SMILES string of the molecule is C.C.CC(C)C(=O)Nc1nc2c(ncn2[C@@H]2O[C@H](CO)[C@@H](F)[C@H]2O[P+](=O)O)c(=O)[nH]1.CC(C)NC(C)C.CC[C@H]1O[C@@H](n2cnc3c(NC(=O)c4ccccc4)ncnc32)C[C@@H]1OP(OCCC#N)OC[C@H]1O[C@@H](n2cnc3c(=O)[nH]c(NC(=O)C(C)C)nc32)[C@H](O[P+](=O)O)[C@@H]1F.CC[C@H]1O[C@@H](n2cnc3c(NC(=O)c4ccccc4)ncnc32)C[C@@H]1OPOCCC#N.[HH].[HH]. The number of anilines is 4. The first-order valence-corrected chi connectivity index (χ1v) is 44.2. The summed E-state index contributed by atoms with van der Waals surface area (Å²) in [6, 6.07) is 22.8. The van der Waals surface area contributed by atoms with E-state index in [9.17, 15) is 57.5 Å². The molecule has 10 N–H and O–H groups in total. The van der Waals surface area contributed by atoms with Crippen molar-refractivity contribution in [2.24, 2.45) is 11.8 Å². The number of H-pyrrole nitrogens is 2. The molecule has 698 valence electrons. The van der Waals surface area contributed by atoms with Crippen molar-refractivity contribution in [2.75, 3.05) is 47.7 Å². The molecule has 51 heteroatoms. The summed E-state index contributed by atoms with van der Waals surface area (Å²) in [5.41, 5.74) is 0.859. The average Bonchev–Trinajstić information content (AvgIpc) is 1.63. The molecule has 8 aromatic heterocycles. The van der Waals surface area contributed by atoms with Gasteiger partial charge in [-0.2, -0.15) is 20.5 Å². The Morgan fingerprint density at radius 2 is 1.01 bits per heavy atom. The number of amides is 4. The third kappa shape index (κ3) is 26.2. The van der Waals surface area contributed by atoms with Crippen molar-refractivity contribution < 1.29 is 105 Å². The van der Waals surface area contributed by atoms with E-state index in [4.69, 9.17) is 60.8 Å². The van der Waals surface area contributed by atoms with Crippen molar-refractivity contribution in [1.82, 2.24) is 83.4 Å². The molecule has 4 aliphatic rings. The fraction of sp³-hybridized carbons (Fsp3) is 0.513. The number of nitrogens with zero attached hydrogens (tertiary/aromatic N) is 16. The van der Waals surface area contributed by atoms with Crippen LogP contribution in [0, 0.1) is 34.5 Å². The molecule has 0 aliphatic carbocycles. The van der Waals surface area contributed by atoms with Crippen LogP contribution in [-0.4, -0.2) is 216 Å². The molecule has 4 aliphatic heterocycles. The number of fused-ring (bicyclic) bond motifs is 4. The standard InChI is InChI=1S/C35H38FN11O11P2.C21H23N6O4P.C14H17FN5O7P.C6H15N.2CH4.2H2/c1-4-20-21(13-23(55-20)46-16-40-25-28(38-15-39-29(25)46)42-32(49)19-9-6-5-7-10-19)57-60(53-12-8-11-37)54-14-22-24(36)27(58-59(51)52)34(56-22)47-17-41-26-30(47)43-35(45-33(26)50)44-31(48)18(2)3;1-2-15-16(31-32-29-10-6-9-22)11-17(30-15)27-13-25-18-19(23-12-24-20(18)27)26-21(28)14-7-4-3-5-8-14;1-5(2)11(22)18-14-17-10-8(12(23)19-14)16-4-20(10)13-9(27-28(24)25)7(15)6(3-21)26-13;1-5(2)7-6(3)4;;;;/h5-7,9-10,15-18,20-24,27,34H,4,8,12-14H2,1-3H3,(H3-,38,39,42,43,44,45,48,49,50,51,52);3-5,7-8,12-13,15-17,32H,2,6,10-11H2,1H3,(H,23,24,26,28);4-7,9,13,21H,3H2,1-2H3,(H2-,17,18,19,22,23,24,25);5-7H,1-4H3;2*1H4;2*1H/p+2/t20-,21+,22-,23-,24-,27-,34-,60?;15-,16+,17-;6-,7-,9-,13-;;;;;/m111...../s1. The quantitative estimate of drug-likeness (QED) is 0.0132. The molecule has 4 saturated heterocycles. The van der Waals surface area contributed by atoms with E-state index in [-0.39, 0.29) is 122 Å². The van der Waals surface area contributed by atoms with E-state index >= 15 is 4.39 Å². The van der Waals surface area contributed by atoms with Crippen LogP contribution in [0.2, 0.25) is 0 Å². The number of aliphatic hydroxyl groups is 1. The number of benzene rings is 2.